The largest absolute Gasteiger partial charge is 0.457 e. The molecule has 0 unspecified atom stereocenters. The highest BCUT2D eigenvalue weighted by Gasteiger charge is 2.20. The van der Waals surface area contributed by atoms with E-state index < -0.39 is 0 Å². The zero-order valence-corrected chi connectivity index (χ0v) is 10.8. The minimum atomic E-state index is 0.760. The van der Waals surface area contributed by atoms with E-state index in [9.17, 15) is 0 Å². The molecule has 2 aromatic rings. The lowest BCUT2D eigenvalue weighted by molar-refractivity contribution is 0.602. The molecule has 0 radical (unpaired) electrons. The third kappa shape index (κ3) is 2.65. The molecule has 1 aromatic heterocycles. The van der Waals surface area contributed by atoms with Gasteiger partial charge in [-0.25, -0.2) is 0 Å². The summed E-state index contributed by atoms with van der Waals surface area (Å²) in [6.07, 6.45) is 5.91. The lowest BCUT2D eigenvalue weighted by Crippen LogP contribution is -2.18. The van der Waals surface area contributed by atoms with Crippen LogP contribution in [0.15, 0.2) is 40.3 Å². The fourth-order valence-corrected chi connectivity index (χ4v) is 2.12. The summed E-state index contributed by atoms with van der Waals surface area (Å²) in [7, 11) is 0. The fraction of sp³-hybridized carbons (Fsp3) is 0.375. The van der Waals surface area contributed by atoms with Gasteiger partial charge in [0.15, 0.2) is 0 Å². The maximum Gasteiger partial charge on any atom is 0.134 e. The molecule has 94 valence electrons. The average Bonchev–Trinajstić information content (AvgIpc) is 3.12. The fourth-order valence-electron chi connectivity index (χ4n) is 2.12. The van der Waals surface area contributed by atoms with E-state index in [1.165, 1.54) is 23.8 Å². The van der Waals surface area contributed by atoms with Gasteiger partial charge < -0.3 is 9.73 Å². The average molecular weight is 241 g/mol. The van der Waals surface area contributed by atoms with Gasteiger partial charge in [0.1, 0.15) is 11.3 Å². The summed E-state index contributed by atoms with van der Waals surface area (Å²) in [6, 6.07) is 11.0. The second-order valence-electron chi connectivity index (χ2n) is 5.00. The highest BCUT2D eigenvalue weighted by Crippen LogP contribution is 2.22. The van der Waals surface area contributed by atoms with Crippen molar-refractivity contribution in [1.82, 2.24) is 5.32 Å². The quantitative estimate of drug-likeness (QED) is 0.856. The maximum atomic E-state index is 5.82. The summed E-state index contributed by atoms with van der Waals surface area (Å²) in [5.74, 6) is 0.964. The van der Waals surface area contributed by atoms with Crippen LogP contribution >= 0.6 is 0 Å². The van der Waals surface area contributed by atoms with Gasteiger partial charge in [-0.2, -0.15) is 0 Å². The van der Waals surface area contributed by atoms with Crippen LogP contribution in [0.25, 0.3) is 17.0 Å². The number of hydrogen-bond donors (Lipinski definition) is 1. The van der Waals surface area contributed by atoms with E-state index in [-0.39, 0.29) is 0 Å². The standard InChI is InChI=1S/C16H19NO/c1-2-12(11-17-14-7-8-14)9-15-10-13-5-3-4-6-16(13)18-15/h3-6,9-10,14,17H,2,7-8,11H2,1H3. The van der Waals surface area contributed by atoms with Crippen molar-refractivity contribution < 1.29 is 4.42 Å². The van der Waals surface area contributed by atoms with Crippen molar-refractivity contribution in [1.29, 1.82) is 0 Å². The van der Waals surface area contributed by atoms with Gasteiger partial charge >= 0.3 is 0 Å². The van der Waals surface area contributed by atoms with Crippen LogP contribution in [0, 0.1) is 0 Å². The first-order valence-corrected chi connectivity index (χ1v) is 6.76. The van der Waals surface area contributed by atoms with E-state index >= 15 is 0 Å². The molecule has 0 amide bonds. The first kappa shape index (κ1) is 11.5. The van der Waals surface area contributed by atoms with Gasteiger partial charge in [-0.3, -0.25) is 0 Å². The van der Waals surface area contributed by atoms with E-state index in [4.69, 9.17) is 4.42 Å². The zero-order chi connectivity index (χ0) is 12.4. The molecule has 1 aromatic carbocycles. The van der Waals surface area contributed by atoms with Gasteiger partial charge in [-0.05, 0) is 37.5 Å². The number of para-hydroxylation sites is 1. The van der Waals surface area contributed by atoms with Crippen molar-refractivity contribution in [3.8, 4) is 0 Å². The summed E-state index contributed by atoms with van der Waals surface area (Å²) < 4.78 is 5.82. The predicted molar refractivity (Wildman–Crippen MR) is 75.5 cm³/mol. The van der Waals surface area contributed by atoms with E-state index in [2.05, 4.69) is 30.4 Å². The highest BCUT2D eigenvalue weighted by molar-refractivity contribution is 5.79. The topological polar surface area (TPSA) is 25.2 Å². The lowest BCUT2D eigenvalue weighted by atomic mass is 10.1. The molecule has 1 N–H and O–H groups in total. The number of rotatable bonds is 5. The number of fused-ring (bicyclic) bond motifs is 1. The third-order valence-electron chi connectivity index (χ3n) is 3.44. The first-order chi connectivity index (χ1) is 8.85. The van der Waals surface area contributed by atoms with E-state index in [0.717, 1.165) is 30.4 Å². The summed E-state index contributed by atoms with van der Waals surface area (Å²) >= 11 is 0. The smallest absolute Gasteiger partial charge is 0.134 e. The van der Waals surface area contributed by atoms with Gasteiger partial charge in [0.2, 0.25) is 0 Å². The van der Waals surface area contributed by atoms with Crippen LogP contribution in [-0.2, 0) is 0 Å². The Morgan fingerprint density at radius 1 is 1.39 bits per heavy atom. The van der Waals surface area contributed by atoms with E-state index in [1.807, 2.05) is 18.2 Å². The van der Waals surface area contributed by atoms with Gasteiger partial charge in [0.05, 0.1) is 0 Å². The zero-order valence-electron chi connectivity index (χ0n) is 10.8. The summed E-state index contributed by atoms with van der Waals surface area (Å²) in [4.78, 5) is 0. The van der Waals surface area contributed by atoms with Crippen molar-refractivity contribution in [2.75, 3.05) is 6.54 Å². The SMILES string of the molecule is CCC(=Cc1cc2ccccc2o1)CNC1CC1. The molecular weight excluding hydrogens is 222 g/mol. The van der Waals surface area contributed by atoms with Crippen molar-refractivity contribution >= 4 is 17.0 Å². The Morgan fingerprint density at radius 3 is 2.94 bits per heavy atom. The lowest BCUT2D eigenvalue weighted by Gasteiger charge is -2.04. The predicted octanol–water partition coefficient (Wildman–Crippen LogP) is 3.98. The van der Waals surface area contributed by atoms with Gasteiger partial charge in [-0.15, -0.1) is 0 Å². The van der Waals surface area contributed by atoms with Crippen LogP contribution in [0.4, 0.5) is 0 Å². The Balaban J connectivity index is 1.78. The van der Waals surface area contributed by atoms with Gasteiger partial charge in [0.25, 0.3) is 0 Å². The minimum Gasteiger partial charge on any atom is -0.457 e. The summed E-state index contributed by atoms with van der Waals surface area (Å²) in [5, 5.41) is 4.73. The molecule has 1 heterocycles. The van der Waals surface area contributed by atoms with Crippen molar-refractivity contribution in [2.24, 2.45) is 0 Å². The van der Waals surface area contributed by atoms with Gasteiger partial charge in [-0.1, -0.05) is 30.7 Å². The summed E-state index contributed by atoms with van der Waals surface area (Å²) in [6.45, 7) is 3.18. The molecule has 3 rings (SSSR count). The van der Waals surface area contributed by atoms with Crippen LogP contribution in [0.1, 0.15) is 31.9 Å². The normalized spacial score (nSPS) is 16.4. The molecule has 1 fully saturated rings. The molecule has 0 aliphatic heterocycles. The van der Waals surface area contributed by atoms with Gasteiger partial charge in [0, 0.05) is 18.0 Å². The second-order valence-corrected chi connectivity index (χ2v) is 5.00. The maximum absolute atomic E-state index is 5.82. The molecule has 2 nitrogen and oxygen atoms in total. The first-order valence-electron chi connectivity index (χ1n) is 6.76. The van der Waals surface area contributed by atoms with Crippen molar-refractivity contribution in [3.05, 3.63) is 41.7 Å². The van der Waals surface area contributed by atoms with E-state index in [1.54, 1.807) is 0 Å². The van der Waals surface area contributed by atoms with Crippen molar-refractivity contribution in [3.63, 3.8) is 0 Å². The Bertz CT molecular complexity index is 530. The highest BCUT2D eigenvalue weighted by atomic mass is 16.3. The second kappa shape index (κ2) is 4.99. The molecule has 1 aliphatic carbocycles. The molecule has 0 atom stereocenters. The Kier molecular flexibility index (Phi) is 3.20. The van der Waals surface area contributed by atoms with Crippen LogP contribution in [0.3, 0.4) is 0 Å². The van der Waals surface area contributed by atoms with E-state index in [0.29, 0.717) is 0 Å². The van der Waals surface area contributed by atoms with Crippen molar-refractivity contribution in [2.45, 2.75) is 32.2 Å². The molecular formula is C16H19NO. The number of nitrogens with one attached hydrogen (secondary N) is 1. The molecule has 0 bridgehead atoms. The molecule has 1 aliphatic rings. The monoisotopic (exact) mass is 241 g/mol. The van der Waals surface area contributed by atoms with Crippen LogP contribution < -0.4 is 5.32 Å². The van der Waals surface area contributed by atoms with Crippen LogP contribution in [0.5, 0.6) is 0 Å². The van der Waals surface area contributed by atoms with Crippen LogP contribution in [-0.4, -0.2) is 12.6 Å². The Labute approximate surface area is 108 Å². The number of furan rings is 1. The number of hydrogen-bond acceptors (Lipinski definition) is 2. The molecule has 0 spiro atoms. The molecule has 0 saturated heterocycles. The minimum absolute atomic E-state index is 0.760. The number of benzene rings is 1. The summed E-state index contributed by atoms with van der Waals surface area (Å²) in [5.41, 5.74) is 2.37. The molecule has 1 saturated carbocycles. The molecule has 18 heavy (non-hydrogen) atoms. The Morgan fingerprint density at radius 2 is 2.22 bits per heavy atom. The van der Waals surface area contributed by atoms with Crippen LogP contribution in [0.2, 0.25) is 0 Å². The molecule has 2 heteroatoms. The Hall–Kier alpha value is -1.54. The third-order valence-corrected chi connectivity index (χ3v) is 3.44.